The van der Waals surface area contributed by atoms with E-state index >= 15 is 0 Å². The van der Waals surface area contributed by atoms with Gasteiger partial charge < -0.3 is 12.6 Å². The average Bonchev–Trinajstić information content (AvgIpc) is 2.79. The smallest absolute Gasteiger partial charge is 0.168 e. The van der Waals surface area contributed by atoms with E-state index in [9.17, 15) is 0 Å². The molecule has 0 N–H and O–H groups in total. The van der Waals surface area contributed by atoms with Gasteiger partial charge in [-0.2, -0.15) is 0 Å². The average molecular weight is 447 g/mol. The van der Waals surface area contributed by atoms with Crippen LogP contribution < -0.4 is 4.57 Å². The Bertz CT molecular complexity index is 484. The lowest BCUT2D eigenvalue weighted by Gasteiger charge is -2.04. The minimum Gasteiger partial charge on any atom is -0.696 e. The summed E-state index contributed by atoms with van der Waals surface area (Å²) in [5, 5.41) is 8.47. The fourth-order valence-corrected chi connectivity index (χ4v) is 4.13. The van der Waals surface area contributed by atoms with Crippen molar-refractivity contribution in [3.05, 3.63) is 30.6 Å². The van der Waals surface area contributed by atoms with Gasteiger partial charge in [0.1, 0.15) is 6.54 Å². The molecular formula is C28H50N2S. The van der Waals surface area contributed by atoms with Gasteiger partial charge in [-0.1, -0.05) is 134 Å². The first-order valence-corrected chi connectivity index (χ1v) is 13.7. The molecule has 2 nitrogen and oxygen atoms in total. The number of hydrogen-bond acceptors (Lipinski definition) is 2. The number of rotatable bonds is 21. The second-order valence-electron chi connectivity index (χ2n) is 8.92. The predicted octanol–water partition coefficient (Wildman–Crippen LogP) is 8.81. The maximum Gasteiger partial charge on any atom is 0.168 e. The number of nitriles is 1. The monoisotopic (exact) mass is 446 g/mol. The molecule has 178 valence electrons. The largest absolute Gasteiger partial charge is 0.696 e. The first kappa shape index (κ1) is 29.9. The summed E-state index contributed by atoms with van der Waals surface area (Å²) in [7, 11) is 0. The molecule has 1 aromatic rings. The SMILES string of the molecule is CCCCCCCCCCCCCCCCCCCCCC[n+]1ccccc1.N#C[S-]. The Morgan fingerprint density at radius 3 is 1.16 bits per heavy atom. The standard InChI is InChI=1S/C27H50N.CHNS/c1-2-3-4-5-6-7-8-9-10-11-12-13-14-15-16-17-18-19-20-22-25-28-26-23-21-24-27-28;2-1-3/h21,23-24,26-27H,2-20,22,25H2,1H3;3H/q+1;/p-1. The third-order valence-electron chi connectivity index (χ3n) is 6.05. The molecule has 1 heterocycles. The van der Waals surface area contributed by atoms with E-state index in [0.29, 0.717) is 0 Å². The summed E-state index contributed by atoms with van der Waals surface area (Å²) in [6, 6.07) is 6.33. The van der Waals surface area contributed by atoms with E-state index in [0.717, 1.165) is 0 Å². The maximum atomic E-state index is 7.13. The molecule has 31 heavy (non-hydrogen) atoms. The van der Waals surface area contributed by atoms with Crippen LogP contribution in [-0.4, -0.2) is 0 Å². The van der Waals surface area contributed by atoms with E-state index in [1.807, 2.05) is 0 Å². The van der Waals surface area contributed by atoms with Crippen LogP contribution in [0.2, 0.25) is 0 Å². The van der Waals surface area contributed by atoms with Crippen LogP contribution >= 0.6 is 0 Å². The van der Waals surface area contributed by atoms with Gasteiger partial charge in [-0.25, -0.2) is 9.83 Å². The molecule has 0 spiro atoms. The van der Waals surface area contributed by atoms with Crippen molar-refractivity contribution in [2.75, 3.05) is 0 Å². The van der Waals surface area contributed by atoms with Gasteiger partial charge in [-0.15, -0.1) is 0 Å². The zero-order valence-corrected chi connectivity index (χ0v) is 21.4. The van der Waals surface area contributed by atoms with Crippen molar-refractivity contribution in [2.24, 2.45) is 0 Å². The number of thiocyanates is 1. The van der Waals surface area contributed by atoms with Crippen LogP contribution in [-0.2, 0) is 19.2 Å². The Kier molecular flexibility index (Phi) is 25.9. The van der Waals surface area contributed by atoms with Crippen LogP contribution in [0.5, 0.6) is 0 Å². The molecule has 0 bridgehead atoms. The summed E-state index contributed by atoms with van der Waals surface area (Å²) >= 11 is 3.70. The van der Waals surface area contributed by atoms with Crippen LogP contribution in [0.1, 0.15) is 135 Å². The molecule has 0 saturated heterocycles. The quantitative estimate of drug-likeness (QED) is 0.0816. The molecule has 0 aromatic carbocycles. The van der Waals surface area contributed by atoms with Gasteiger partial charge in [-0.3, -0.25) is 0 Å². The Hall–Kier alpha value is -1.14. The highest BCUT2D eigenvalue weighted by Crippen LogP contribution is 2.14. The molecule has 3 heteroatoms. The van der Waals surface area contributed by atoms with Crippen molar-refractivity contribution in [3.63, 3.8) is 0 Å². The fraction of sp³-hybridized carbons (Fsp3) is 0.786. The van der Waals surface area contributed by atoms with E-state index < -0.39 is 0 Å². The Balaban J connectivity index is 0.00000282. The van der Waals surface area contributed by atoms with Crippen molar-refractivity contribution in [3.8, 4) is 5.40 Å². The summed E-state index contributed by atoms with van der Waals surface area (Å²) in [4.78, 5) is 0. The number of aromatic nitrogens is 1. The van der Waals surface area contributed by atoms with Gasteiger partial charge in [0, 0.05) is 18.6 Å². The fourth-order valence-electron chi connectivity index (χ4n) is 4.13. The third kappa shape index (κ3) is 25.0. The minimum absolute atomic E-state index is 1.18. The van der Waals surface area contributed by atoms with E-state index in [1.54, 1.807) is 0 Å². The first-order valence-electron chi connectivity index (χ1n) is 13.3. The molecule has 0 unspecified atom stereocenters. The molecule has 1 rings (SSSR count). The number of hydrogen-bond donors (Lipinski definition) is 0. The number of pyridine rings is 1. The van der Waals surface area contributed by atoms with Gasteiger partial charge in [0.05, 0.1) is 0 Å². The van der Waals surface area contributed by atoms with Crippen LogP contribution in [0.3, 0.4) is 0 Å². The van der Waals surface area contributed by atoms with Crippen LogP contribution in [0.15, 0.2) is 30.6 Å². The molecule has 0 fully saturated rings. The second-order valence-corrected chi connectivity index (χ2v) is 9.10. The van der Waals surface area contributed by atoms with Crippen LogP contribution in [0.4, 0.5) is 0 Å². The lowest BCUT2D eigenvalue weighted by atomic mass is 10.0. The number of unbranched alkanes of at least 4 members (excludes halogenated alkanes) is 19. The Morgan fingerprint density at radius 1 is 0.548 bits per heavy atom. The topological polar surface area (TPSA) is 27.7 Å². The molecule has 0 saturated carbocycles. The zero-order valence-electron chi connectivity index (χ0n) is 20.5. The van der Waals surface area contributed by atoms with Crippen molar-refractivity contribution in [1.82, 2.24) is 0 Å². The molecule has 0 atom stereocenters. The van der Waals surface area contributed by atoms with Crippen molar-refractivity contribution in [1.29, 1.82) is 5.26 Å². The summed E-state index contributed by atoms with van der Waals surface area (Å²) in [5.74, 6) is 0. The molecule has 0 aliphatic rings. The minimum atomic E-state index is 1.18. The van der Waals surface area contributed by atoms with Crippen LogP contribution in [0, 0.1) is 10.7 Å². The molecule has 0 aliphatic heterocycles. The normalized spacial score (nSPS) is 10.3. The van der Waals surface area contributed by atoms with E-state index in [-0.39, 0.29) is 0 Å². The second kappa shape index (κ2) is 26.9. The Morgan fingerprint density at radius 2 is 0.839 bits per heavy atom. The summed E-state index contributed by atoms with van der Waals surface area (Å²) < 4.78 is 2.30. The zero-order chi connectivity index (χ0) is 22.7. The molecule has 0 amide bonds. The van der Waals surface area contributed by atoms with Gasteiger partial charge in [0.25, 0.3) is 0 Å². The number of nitrogens with zero attached hydrogens (tertiary/aromatic N) is 2. The summed E-state index contributed by atoms with van der Waals surface area (Å²) in [6.07, 6.45) is 33.4. The van der Waals surface area contributed by atoms with E-state index in [2.05, 4.69) is 54.7 Å². The highest BCUT2D eigenvalue weighted by Gasteiger charge is 1.98. The van der Waals surface area contributed by atoms with Crippen molar-refractivity contribution in [2.45, 2.75) is 142 Å². The van der Waals surface area contributed by atoms with Crippen LogP contribution in [0.25, 0.3) is 0 Å². The molecular weight excluding hydrogens is 396 g/mol. The van der Waals surface area contributed by atoms with Gasteiger partial charge in [-0.05, 0) is 6.42 Å². The molecule has 0 radical (unpaired) electrons. The lowest BCUT2D eigenvalue weighted by molar-refractivity contribution is -0.697. The van der Waals surface area contributed by atoms with Gasteiger partial charge in [0.15, 0.2) is 12.4 Å². The maximum absolute atomic E-state index is 7.13. The Labute approximate surface area is 200 Å². The molecule has 0 aliphatic carbocycles. The van der Waals surface area contributed by atoms with Crippen molar-refractivity contribution >= 4 is 12.6 Å². The summed E-state index contributed by atoms with van der Waals surface area (Å²) in [6.45, 7) is 3.48. The van der Waals surface area contributed by atoms with Crippen molar-refractivity contribution < 1.29 is 4.57 Å². The first-order chi connectivity index (χ1) is 15.3. The highest BCUT2D eigenvalue weighted by atomic mass is 32.1. The highest BCUT2D eigenvalue weighted by molar-refractivity contribution is 7.64. The van der Waals surface area contributed by atoms with E-state index in [1.165, 1.54) is 140 Å². The third-order valence-corrected chi connectivity index (χ3v) is 6.05. The van der Waals surface area contributed by atoms with E-state index in [4.69, 9.17) is 5.26 Å². The number of aryl methyl sites for hydroxylation is 1. The predicted molar refractivity (Wildman–Crippen MR) is 138 cm³/mol. The summed E-state index contributed by atoms with van der Waals surface area (Å²) in [5.41, 5.74) is 0. The van der Waals surface area contributed by atoms with Gasteiger partial charge in [0.2, 0.25) is 0 Å². The molecule has 1 aromatic heterocycles. The van der Waals surface area contributed by atoms with Gasteiger partial charge >= 0.3 is 0 Å². The lowest BCUT2D eigenvalue weighted by Crippen LogP contribution is -2.32.